The number of hydrogen-bond acceptors (Lipinski definition) is 4. The number of benzene rings is 1. The van der Waals surface area contributed by atoms with Crippen molar-refractivity contribution in [3.63, 3.8) is 0 Å². The zero-order valence-corrected chi connectivity index (χ0v) is 13.5. The fourth-order valence-corrected chi connectivity index (χ4v) is 2.26. The van der Waals surface area contributed by atoms with E-state index >= 15 is 0 Å². The van der Waals surface area contributed by atoms with Gasteiger partial charge in [-0.1, -0.05) is 33.2 Å². The number of halogens is 1. The Balaban J connectivity index is 2.24. The molecule has 0 bridgehead atoms. The summed E-state index contributed by atoms with van der Waals surface area (Å²) in [6.45, 7) is 2.60. The Kier molecular flexibility index (Phi) is 4.80. The number of amidine groups is 1. The van der Waals surface area contributed by atoms with Crippen molar-refractivity contribution in [1.82, 2.24) is 4.98 Å². The maximum absolute atomic E-state index is 8.79. The molecule has 0 aliphatic rings. The number of oxime groups is 1. The van der Waals surface area contributed by atoms with E-state index in [1.807, 2.05) is 31.0 Å². The molecule has 0 aliphatic carbocycles. The Bertz CT molecular complexity index is 655. The Hall–Kier alpha value is -2.08. The van der Waals surface area contributed by atoms with Crippen molar-refractivity contribution in [3.8, 4) is 0 Å². The standard InChI is InChI=1S/C15H17BrN4O/c1-10-7-12(15(17)19-21)8-14(18-10)20(2)9-11-3-5-13(16)6-4-11/h3-8,21H,9H2,1-2H3,(H2,17,19). The molecule has 0 unspecified atom stereocenters. The summed E-state index contributed by atoms with van der Waals surface area (Å²) >= 11 is 3.42. The van der Waals surface area contributed by atoms with Gasteiger partial charge in [-0.25, -0.2) is 4.98 Å². The highest BCUT2D eigenvalue weighted by molar-refractivity contribution is 9.10. The summed E-state index contributed by atoms with van der Waals surface area (Å²) in [7, 11) is 1.96. The van der Waals surface area contributed by atoms with Crippen LogP contribution >= 0.6 is 15.9 Å². The molecular weight excluding hydrogens is 332 g/mol. The first-order valence-electron chi connectivity index (χ1n) is 6.42. The molecule has 110 valence electrons. The lowest BCUT2D eigenvalue weighted by Gasteiger charge is -2.19. The Morgan fingerprint density at radius 1 is 1.33 bits per heavy atom. The molecule has 0 fully saturated rings. The second-order valence-corrected chi connectivity index (χ2v) is 5.74. The van der Waals surface area contributed by atoms with Crippen LogP contribution in [0.25, 0.3) is 0 Å². The van der Waals surface area contributed by atoms with Gasteiger partial charge in [0.05, 0.1) is 0 Å². The van der Waals surface area contributed by atoms with Crippen LogP contribution in [0.3, 0.4) is 0 Å². The lowest BCUT2D eigenvalue weighted by Crippen LogP contribution is -2.20. The first-order valence-corrected chi connectivity index (χ1v) is 7.21. The topological polar surface area (TPSA) is 74.7 Å². The molecule has 1 aromatic carbocycles. The smallest absolute Gasteiger partial charge is 0.170 e. The molecule has 1 aromatic heterocycles. The first-order chi connectivity index (χ1) is 9.99. The van der Waals surface area contributed by atoms with E-state index in [2.05, 4.69) is 38.2 Å². The van der Waals surface area contributed by atoms with E-state index in [9.17, 15) is 0 Å². The number of rotatable bonds is 4. The summed E-state index contributed by atoms with van der Waals surface area (Å²) in [5.74, 6) is 0.860. The third kappa shape index (κ3) is 3.95. The van der Waals surface area contributed by atoms with Crippen molar-refractivity contribution >= 4 is 27.6 Å². The molecule has 2 aromatic rings. The summed E-state index contributed by atoms with van der Waals surface area (Å²) < 4.78 is 1.05. The lowest BCUT2D eigenvalue weighted by atomic mass is 10.2. The molecule has 0 radical (unpaired) electrons. The Morgan fingerprint density at radius 3 is 2.62 bits per heavy atom. The zero-order chi connectivity index (χ0) is 15.4. The van der Waals surface area contributed by atoms with Crippen molar-refractivity contribution in [2.24, 2.45) is 10.9 Å². The van der Waals surface area contributed by atoms with Gasteiger partial charge in [0, 0.05) is 29.3 Å². The fraction of sp³-hybridized carbons (Fsp3) is 0.200. The molecule has 6 heteroatoms. The van der Waals surface area contributed by atoms with Crippen LogP contribution < -0.4 is 10.6 Å². The van der Waals surface area contributed by atoms with Crippen LogP contribution in [0.2, 0.25) is 0 Å². The van der Waals surface area contributed by atoms with E-state index in [0.29, 0.717) is 5.56 Å². The van der Waals surface area contributed by atoms with Crippen molar-refractivity contribution in [2.45, 2.75) is 13.5 Å². The predicted molar refractivity (Wildman–Crippen MR) is 87.7 cm³/mol. The number of anilines is 1. The summed E-state index contributed by atoms with van der Waals surface area (Å²) in [6.07, 6.45) is 0. The molecule has 0 saturated carbocycles. The van der Waals surface area contributed by atoms with E-state index in [-0.39, 0.29) is 5.84 Å². The molecule has 0 atom stereocenters. The van der Waals surface area contributed by atoms with E-state index < -0.39 is 0 Å². The maximum Gasteiger partial charge on any atom is 0.170 e. The number of aryl methyl sites for hydroxylation is 1. The molecule has 0 saturated heterocycles. The first kappa shape index (κ1) is 15.3. The molecular formula is C15H17BrN4O. The molecule has 1 heterocycles. The Labute approximate surface area is 132 Å². The number of pyridine rings is 1. The van der Waals surface area contributed by atoms with Gasteiger partial charge in [0.1, 0.15) is 5.82 Å². The third-order valence-corrected chi connectivity index (χ3v) is 3.60. The van der Waals surface area contributed by atoms with Crippen LogP contribution in [0.15, 0.2) is 46.0 Å². The Morgan fingerprint density at radius 2 is 2.00 bits per heavy atom. The van der Waals surface area contributed by atoms with Gasteiger partial charge < -0.3 is 15.8 Å². The van der Waals surface area contributed by atoms with Crippen molar-refractivity contribution in [1.29, 1.82) is 0 Å². The second kappa shape index (κ2) is 6.58. The highest BCUT2D eigenvalue weighted by Gasteiger charge is 2.08. The van der Waals surface area contributed by atoms with Crippen molar-refractivity contribution < 1.29 is 5.21 Å². The van der Waals surface area contributed by atoms with Gasteiger partial charge in [-0.2, -0.15) is 0 Å². The number of hydrogen-bond donors (Lipinski definition) is 2. The zero-order valence-electron chi connectivity index (χ0n) is 11.9. The van der Waals surface area contributed by atoms with E-state index in [1.54, 1.807) is 12.1 Å². The van der Waals surface area contributed by atoms with Crippen molar-refractivity contribution in [2.75, 3.05) is 11.9 Å². The highest BCUT2D eigenvalue weighted by atomic mass is 79.9. The minimum absolute atomic E-state index is 0.0822. The minimum Gasteiger partial charge on any atom is -0.409 e. The van der Waals surface area contributed by atoms with E-state index in [1.165, 1.54) is 5.56 Å². The number of nitrogens with two attached hydrogens (primary N) is 1. The third-order valence-electron chi connectivity index (χ3n) is 3.07. The molecule has 0 spiro atoms. The molecule has 0 amide bonds. The fourth-order valence-electron chi connectivity index (χ4n) is 2.00. The van der Waals surface area contributed by atoms with Gasteiger partial charge in [-0.3, -0.25) is 0 Å². The largest absolute Gasteiger partial charge is 0.409 e. The van der Waals surface area contributed by atoms with Gasteiger partial charge in [-0.15, -0.1) is 0 Å². The quantitative estimate of drug-likeness (QED) is 0.385. The van der Waals surface area contributed by atoms with Crippen LogP contribution in [0.5, 0.6) is 0 Å². The summed E-state index contributed by atoms with van der Waals surface area (Å²) in [6, 6.07) is 11.7. The van der Waals surface area contributed by atoms with Gasteiger partial charge in [0.15, 0.2) is 5.84 Å². The lowest BCUT2D eigenvalue weighted by molar-refractivity contribution is 0.318. The highest BCUT2D eigenvalue weighted by Crippen LogP contribution is 2.17. The average molecular weight is 349 g/mol. The van der Waals surface area contributed by atoms with Crippen LogP contribution in [0.1, 0.15) is 16.8 Å². The van der Waals surface area contributed by atoms with Crippen molar-refractivity contribution in [3.05, 3.63) is 57.7 Å². The SMILES string of the molecule is Cc1cc(/C(N)=N/O)cc(N(C)Cc2ccc(Br)cc2)n1. The van der Waals surface area contributed by atoms with E-state index in [4.69, 9.17) is 10.9 Å². The summed E-state index contributed by atoms with van der Waals surface area (Å²) in [5.41, 5.74) is 8.30. The summed E-state index contributed by atoms with van der Waals surface area (Å²) in [5, 5.41) is 11.8. The normalized spacial score (nSPS) is 11.5. The van der Waals surface area contributed by atoms with E-state index in [0.717, 1.165) is 22.5 Å². The molecule has 0 aliphatic heterocycles. The number of aromatic nitrogens is 1. The van der Waals surface area contributed by atoms with Gasteiger partial charge in [0.25, 0.3) is 0 Å². The summed E-state index contributed by atoms with van der Waals surface area (Å²) in [4.78, 5) is 6.51. The molecule has 5 nitrogen and oxygen atoms in total. The second-order valence-electron chi connectivity index (χ2n) is 4.82. The maximum atomic E-state index is 8.79. The average Bonchev–Trinajstić information content (AvgIpc) is 2.48. The molecule has 3 N–H and O–H groups in total. The minimum atomic E-state index is 0.0822. The predicted octanol–water partition coefficient (Wildman–Crippen LogP) is 2.88. The van der Waals surface area contributed by atoms with Gasteiger partial charge in [0.2, 0.25) is 0 Å². The molecule has 21 heavy (non-hydrogen) atoms. The molecule has 2 rings (SSSR count). The van der Waals surface area contributed by atoms with Crippen LogP contribution in [-0.4, -0.2) is 23.1 Å². The number of nitrogens with zero attached hydrogens (tertiary/aromatic N) is 3. The van der Waals surface area contributed by atoms with Crippen LogP contribution in [-0.2, 0) is 6.54 Å². The van der Waals surface area contributed by atoms with Gasteiger partial charge in [-0.05, 0) is 36.8 Å². The monoisotopic (exact) mass is 348 g/mol. The van der Waals surface area contributed by atoms with Crippen LogP contribution in [0, 0.1) is 6.92 Å². The van der Waals surface area contributed by atoms with Gasteiger partial charge >= 0.3 is 0 Å². The van der Waals surface area contributed by atoms with Crippen LogP contribution in [0.4, 0.5) is 5.82 Å².